The van der Waals surface area contributed by atoms with Crippen molar-refractivity contribution in [1.29, 1.82) is 0 Å². The SMILES string of the molecule is C=C(c1ccc(C(C)=O)cc1)[C@H]1CN(C(=O)OC(C)(C)C)C[C@H]1O. The third-order valence-electron chi connectivity index (χ3n) is 4.05. The second-order valence-electron chi connectivity index (χ2n) is 7.22. The minimum absolute atomic E-state index is 0.00386. The first kappa shape index (κ1) is 18.2. The van der Waals surface area contributed by atoms with Gasteiger partial charge in [-0.3, -0.25) is 4.79 Å². The summed E-state index contributed by atoms with van der Waals surface area (Å²) in [6.07, 6.45) is -1.11. The van der Waals surface area contributed by atoms with E-state index in [1.807, 2.05) is 32.9 Å². The van der Waals surface area contributed by atoms with Gasteiger partial charge in [-0.25, -0.2) is 4.79 Å². The Hall–Kier alpha value is -2.14. The number of hydrogen-bond acceptors (Lipinski definition) is 4. The Morgan fingerprint density at radius 1 is 1.17 bits per heavy atom. The average molecular weight is 331 g/mol. The summed E-state index contributed by atoms with van der Waals surface area (Å²) in [5.41, 5.74) is 1.67. The van der Waals surface area contributed by atoms with E-state index in [0.29, 0.717) is 12.1 Å². The van der Waals surface area contributed by atoms with Crippen LogP contribution in [0.15, 0.2) is 30.8 Å². The van der Waals surface area contributed by atoms with Gasteiger partial charge in [-0.2, -0.15) is 0 Å². The molecule has 2 rings (SSSR count). The van der Waals surface area contributed by atoms with Gasteiger partial charge in [-0.15, -0.1) is 0 Å². The van der Waals surface area contributed by atoms with Crippen molar-refractivity contribution in [3.05, 3.63) is 42.0 Å². The van der Waals surface area contributed by atoms with Crippen molar-refractivity contribution in [1.82, 2.24) is 4.90 Å². The Morgan fingerprint density at radius 3 is 2.21 bits per heavy atom. The number of amides is 1. The van der Waals surface area contributed by atoms with Gasteiger partial charge in [0.25, 0.3) is 0 Å². The highest BCUT2D eigenvalue weighted by molar-refractivity contribution is 5.94. The quantitative estimate of drug-likeness (QED) is 0.864. The van der Waals surface area contributed by atoms with E-state index < -0.39 is 17.8 Å². The fourth-order valence-electron chi connectivity index (χ4n) is 2.74. The summed E-state index contributed by atoms with van der Waals surface area (Å²) in [5.74, 6) is -0.245. The monoisotopic (exact) mass is 331 g/mol. The predicted octanol–water partition coefficient (Wildman–Crippen LogP) is 3.13. The molecule has 130 valence electrons. The lowest BCUT2D eigenvalue weighted by Gasteiger charge is -2.24. The molecule has 0 saturated carbocycles. The lowest BCUT2D eigenvalue weighted by atomic mass is 9.91. The number of ether oxygens (including phenoxy) is 1. The molecule has 1 amide bonds. The molecule has 1 aliphatic heterocycles. The highest BCUT2D eigenvalue weighted by Gasteiger charge is 2.37. The van der Waals surface area contributed by atoms with Gasteiger partial charge >= 0.3 is 6.09 Å². The van der Waals surface area contributed by atoms with Crippen LogP contribution in [-0.4, -0.2) is 46.7 Å². The van der Waals surface area contributed by atoms with Gasteiger partial charge in [0.2, 0.25) is 0 Å². The highest BCUT2D eigenvalue weighted by Crippen LogP contribution is 2.31. The molecule has 1 saturated heterocycles. The summed E-state index contributed by atoms with van der Waals surface area (Å²) in [5, 5.41) is 10.3. The van der Waals surface area contributed by atoms with Crippen molar-refractivity contribution in [3.63, 3.8) is 0 Å². The Bertz CT molecular complexity index is 642. The highest BCUT2D eigenvalue weighted by atomic mass is 16.6. The molecule has 1 heterocycles. The van der Waals surface area contributed by atoms with Crippen LogP contribution < -0.4 is 0 Å². The van der Waals surface area contributed by atoms with E-state index in [1.165, 1.54) is 11.8 Å². The largest absolute Gasteiger partial charge is 0.444 e. The van der Waals surface area contributed by atoms with Crippen LogP contribution in [0.4, 0.5) is 4.79 Å². The van der Waals surface area contributed by atoms with Gasteiger partial charge < -0.3 is 14.7 Å². The minimum atomic E-state index is -0.683. The number of carbonyl (C=O) groups excluding carboxylic acids is 2. The number of aliphatic hydroxyl groups excluding tert-OH is 1. The smallest absolute Gasteiger partial charge is 0.410 e. The molecule has 0 aromatic heterocycles. The first-order valence-corrected chi connectivity index (χ1v) is 8.04. The fraction of sp³-hybridized carbons (Fsp3) is 0.474. The van der Waals surface area contributed by atoms with E-state index in [0.717, 1.165) is 11.1 Å². The predicted molar refractivity (Wildman–Crippen MR) is 92.8 cm³/mol. The third kappa shape index (κ3) is 4.23. The van der Waals surface area contributed by atoms with Crippen LogP contribution in [0.5, 0.6) is 0 Å². The van der Waals surface area contributed by atoms with Crippen molar-refractivity contribution in [2.24, 2.45) is 5.92 Å². The number of hydrogen-bond donors (Lipinski definition) is 1. The van der Waals surface area contributed by atoms with E-state index in [1.54, 1.807) is 12.1 Å². The maximum Gasteiger partial charge on any atom is 0.410 e. The molecular formula is C19H25NO4. The number of rotatable bonds is 3. The first-order valence-electron chi connectivity index (χ1n) is 8.04. The van der Waals surface area contributed by atoms with E-state index >= 15 is 0 Å². The summed E-state index contributed by atoms with van der Waals surface area (Å²) in [7, 11) is 0. The van der Waals surface area contributed by atoms with Crippen molar-refractivity contribution >= 4 is 17.4 Å². The molecule has 5 heteroatoms. The Balaban J connectivity index is 2.07. The first-order chi connectivity index (χ1) is 11.1. The van der Waals surface area contributed by atoms with Crippen LogP contribution in [0, 0.1) is 5.92 Å². The molecule has 0 aliphatic carbocycles. The zero-order chi connectivity index (χ0) is 18.1. The van der Waals surface area contributed by atoms with Crippen LogP contribution in [0.3, 0.4) is 0 Å². The summed E-state index contributed by atoms with van der Waals surface area (Å²) in [6.45, 7) is 11.6. The Kier molecular flexibility index (Phi) is 5.13. The zero-order valence-electron chi connectivity index (χ0n) is 14.7. The molecule has 5 nitrogen and oxygen atoms in total. The number of benzene rings is 1. The van der Waals surface area contributed by atoms with Crippen LogP contribution in [0.1, 0.15) is 43.6 Å². The molecule has 0 radical (unpaired) electrons. The molecule has 0 bridgehead atoms. The van der Waals surface area contributed by atoms with Gasteiger partial charge in [-0.05, 0) is 38.8 Å². The van der Waals surface area contributed by atoms with Gasteiger partial charge in [0.15, 0.2) is 5.78 Å². The number of likely N-dealkylation sites (tertiary alicyclic amines) is 1. The number of carbonyl (C=O) groups is 2. The van der Waals surface area contributed by atoms with Crippen LogP contribution in [-0.2, 0) is 4.74 Å². The van der Waals surface area contributed by atoms with Gasteiger partial charge in [0.05, 0.1) is 12.6 Å². The molecule has 0 unspecified atom stereocenters. The minimum Gasteiger partial charge on any atom is -0.444 e. The number of aliphatic hydroxyl groups is 1. The molecular weight excluding hydrogens is 306 g/mol. The van der Waals surface area contributed by atoms with Gasteiger partial charge in [-0.1, -0.05) is 30.8 Å². The maximum atomic E-state index is 12.2. The van der Waals surface area contributed by atoms with E-state index in [2.05, 4.69) is 6.58 Å². The number of β-amino-alcohol motifs (C(OH)–C–C–N with tert-alkyl or cyclic N) is 1. The molecule has 1 fully saturated rings. The summed E-state index contributed by atoms with van der Waals surface area (Å²) < 4.78 is 5.35. The third-order valence-corrected chi connectivity index (χ3v) is 4.05. The van der Waals surface area contributed by atoms with E-state index in [9.17, 15) is 14.7 Å². The summed E-state index contributed by atoms with van der Waals surface area (Å²) in [4.78, 5) is 25.0. The zero-order valence-corrected chi connectivity index (χ0v) is 14.7. The standard InChI is InChI=1S/C19H25NO4/c1-12(14-6-8-15(9-7-14)13(2)21)16-10-20(11-17(16)22)18(23)24-19(3,4)5/h6-9,16-17,22H,1,10-11H2,2-5H3/t16-,17-/m1/s1. The lowest BCUT2D eigenvalue weighted by molar-refractivity contribution is 0.0270. The molecule has 1 aliphatic rings. The van der Waals surface area contributed by atoms with Crippen molar-refractivity contribution < 1.29 is 19.4 Å². The molecule has 1 aromatic rings. The Morgan fingerprint density at radius 2 is 1.71 bits per heavy atom. The topological polar surface area (TPSA) is 66.8 Å². The van der Waals surface area contributed by atoms with Crippen molar-refractivity contribution in [3.8, 4) is 0 Å². The average Bonchev–Trinajstić information content (AvgIpc) is 2.87. The van der Waals surface area contributed by atoms with Crippen molar-refractivity contribution in [2.45, 2.75) is 39.4 Å². The molecule has 1 N–H and O–H groups in total. The normalized spacial score (nSPS) is 20.8. The molecule has 2 atom stereocenters. The second-order valence-corrected chi connectivity index (χ2v) is 7.22. The van der Waals surface area contributed by atoms with E-state index in [-0.39, 0.29) is 18.2 Å². The van der Waals surface area contributed by atoms with Gasteiger partial charge in [0, 0.05) is 18.0 Å². The van der Waals surface area contributed by atoms with Crippen molar-refractivity contribution in [2.75, 3.05) is 13.1 Å². The maximum absolute atomic E-state index is 12.2. The van der Waals surface area contributed by atoms with Gasteiger partial charge in [0.1, 0.15) is 5.60 Å². The van der Waals surface area contributed by atoms with Crippen LogP contribution in [0.25, 0.3) is 5.57 Å². The molecule has 1 aromatic carbocycles. The van der Waals surface area contributed by atoms with Crippen LogP contribution >= 0.6 is 0 Å². The summed E-state index contributed by atoms with van der Waals surface area (Å²) >= 11 is 0. The number of ketones is 1. The Labute approximate surface area is 142 Å². The fourth-order valence-corrected chi connectivity index (χ4v) is 2.74. The summed E-state index contributed by atoms with van der Waals surface area (Å²) in [6, 6.07) is 7.13. The second kappa shape index (κ2) is 6.77. The number of nitrogens with zero attached hydrogens (tertiary/aromatic N) is 1. The molecule has 24 heavy (non-hydrogen) atoms. The van der Waals surface area contributed by atoms with Crippen LogP contribution in [0.2, 0.25) is 0 Å². The number of Topliss-reactive ketones (excluding diaryl/α,β-unsaturated/α-hetero) is 1. The van der Waals surface area contributed by atoms with E-state index in [4.69, 9.17) is 4.74 Å². The lowest BCUT2D eigenvalue weighted by Crippen LogP contribution is -2.35. The molecule has 0 spiro atoms.